The molecule has 0 bridgehead atoms. The Labute approximate surface area is 164 Å². The maximum Gasteiger partial charge on any atom is 0.246 e. The van der Waals surface area contributed by atoms with Crippen LogP contribution in [0.15, 0.2) is 33.8 Å². The highest BCUT2D eigenvalue weighted by atomic mass is 35.5. The molecule has 1 heterocycles. The van der Waals surface area contributed by atoms with Crippen molar-refractivity contribution in [1.82, 2.24) is 20.8 Å². The van der Waals surface area contributed by atoms with Crippen LogP contribution in [0.25, 0.3) is 11.4 Å². The maximum atomic E-state index is 6.01. The van der Waals surface area contributed by atoms with E-state index in [1.807, 2.05) is 24.3 Å². The predicted octanol–water partition coefficient (Wildman–Crippen LogP) is 3.26. The molecule has 7 nitrogen and oxygen atoms in total. The van der Waals surface area contributed by atoms with Crippen LogP contribution in [0.5, 0.6) is 0 Å². The highest BCUT2D eigenvalue weighted by Gasteiger charge is 2.36. The first-order valence-corrected chi connectivity index (χ1v) is 9.54. The molecule has 0 unspecified atom stereocenters. The minimum Gasteiger partial charge on any atom is -0.385 e. The number of methoxy groups -OCH3 is 1. The first kappa shape index (κ1) is 19.6. The Morgan fingerprint density at radius 3 is 2.89 bits per heavy atom. The van der Waals surface area contributed by atoms with Crippen LogP contribution in [0.1, 0.15) is 31.6 Å². The van der Waals surface area contributed by atoms with Crippen LogP contribution < -0.4 is 10.6 Å². The third-order valence-corrected chi connectivity index (χ3v) is 5.30. The molecule has 2 N–H and O–H groups in total. The zero-order valence-electron chi connectivity index (χ0n) is 15.8. The fraction of sp³-hybridized carbons (Fsp3) is 0.526. The number of nitrogens with one attached hydrogen (secondary N) is 2. The van der Waals surface area contributed by atoms with Gasteiger partial charge < -0.3 is 19.9 Å². The fourth-order valence-electron chi connectivity index (χ4n) is 3.23. The van der Waals surface area contributed by atoms with Crippen molar-refractivity contribution in [1.29, 1.82) is 0 Å². The van der Waals surface area contributed by atoms with E-state index in [1.54, 1.807) is 14.2 Å². The number of rotatable bonds is 8. The number of hydrogen-bond donors (Lipinski definition) is 2. The van der Waals surface area contributed by atoms with Gasteiger partial charge in [0.05, 0.1) is 6.54 Å². The van der Waals surface area contributed by atoms with E-state index in [4.69, 9.17) is 20.9 Å². The lowest BCUT2D eigenvalue weighted by Crippen LogP contribution is -2.46. The van der Waals surface area contributed by atoms with E-state index in [0.717, 1.165) is 31.1 Å². The van der Waals surface area contributed by atoms with Crippen molar-refractivity contribution in [3.05, 3.63) is 35.2 Å². The van der Waals surface area contributed by atoms with Crippen LogP contribution in [-0.2, 0) is 11.3 Å². The van der Waals surface area contributed by atoms with Crippen LogP contribution in [-0.4, -0.2) is 43.4 Å². The van der Waals surface area contributed by atoms with E-state index in [1.165, 1.54) is 19.3 Å². The molecule has 146 valence electrons. The lowest BCUT2D eigenvalue weighted by molar-refractivity contribution is 0.0732. The second-order valence-electron chi connectivity index (χ2n) is 6.90. The van der Waals surface area contributed by atoms with Gasteiger partial charge in [-0.3, -0.25) is 4.99 Å². The topological polar surface area (TPSA) is 84.6 Å². The monoisotopic (exact) mass is 391 g/mol. The van der Waals surface area contributed by atoms with E-state index in [9.17, 15) is 0 Å². The summed E-state index contributed by atoms with van der Waals surface area (Å²) in [6.45, 7) is 2.08. The van der Waals surface area contributed by atoms with Gasteiger partial charge >= 0.3 is 0 Å². The molecule has 2 aromatic rings. The van der Waals surface area contributed by atoms with Crippen molar-refractivity contribution in [3.8, 4) is 11.4 Å². The van der Waals surface area contributed by atoms with E-state index >= 15 is 0 Å². The molecule has 1 fully saturated rings. The maximum absolute atomic E-state index is 6.01. The Balaban J connectivity index is 1.51. The molecular formula is C19H26ClN5O2. The molecule has 8 heteroatoms. The summed E-state index contributed by atoms with van der Waals surface area (Å²) >= 11 is 6.01. The smallest absolute Gasteiger partial charge is 0.246 e. The van der Waals surface area contributed by atoms with Crippen LogP contribution >= 0.6 is 11.6 Å². The Kier molecular flexibility index (Phi) is 6.68. The quantitative estimate of drug-likeness (QED) is 0.530. The van der Waals surface area contributed by atoms with Gasteiger partial charge in [0, 0.05) is 37.9 Å². The Bertz CT molecular complexity index is 773. The standard InChI is InChI=1S/C19H26ClN5O2/c1-21-18(23-13-19(7-4-8-19)9-10-26-2)22-12-16-24-17(25-27-16)14-5-3-6-15(20)11-14/h3,5-6,11H,4,7-10,12-13H2,1-2H3,(H2,21,22,23). The summed E-state index contributed by atoms with van der Waals surface area (Å²) in [7, 11) is 3.51. The molecule has 1 aliphatic rings. The van der Waals surface area contributed by atoms with Crippen LogP contribution in [0.3, 0.4) is 0 Å². The number of guanidine groups is 1. The molecule has 3 rings (SSSR count). The number of nitrogens with zero attached hydrogens (tertiary/aromatic N) is 3. The summed E-state index contributed by atoms with van der Waals surface area (Å²) in [5, 5.41) is 11.3. The molecule has 0 spiro atoms. The molecule has 0 aliphatic heterocycles. The van der Waals surface area contributed by atoms with Crippen molar-refractivity contribution in [2.24, 2.45) is 10.4 Å². The zero-order valence-corrected chi connectivity index (χ0v) is 16.6. The lowest BCUT2D eigenvalue weighted by atomic mass is 9.67. The van der Waals surface area contributed by atoms with Crippen LogP contribution in [0.2, 0.25) is 5.02 Å². The summed E-state index contributed by atoms with van der Waals surface area (Å²) < 4.78 is 10.6. The highest BCUT2D eigenvalue weighted by Crippen LogP contribution is 2.43. The van der Waals surface area contributed by atoms with Crippen molar-refractivity contribution >= 4 is 17.6 Å². The molecule has 0 radical (unpaired) electrons. The Morgan fingerprint density at radius 2 is 2.22 bits per heavy atom. The van der Waals surface area contributed by atoms with Gasteiger partial charge in [-0.15, -0.1) is 0 Å². The first-order valence-electron chi connectivity index (χ1n) is 9.16. The van der Waals surface area contributed by atoms with E-state index in [-0.39, 0.29) is 0 Å². The third-order valence-electron chi connectivity index (χ3n) is 5.06. The van der Waals surface area contributed by atoms with Crippen molar-refractivity contribution in [3.63, 3.8) is 0 Å². The van der Waals surface area contributed by atoms with Gasteiger partial charge in [0.2, 0.25) is 11.7 Å². The fourth-order valence-corrected chi connectivity index (χ4v) is 3.42. The summed E-state index contributed by atoms with van der Waals surface area (Å²) in [6.07, 6.45) is 4.81. The van der Waals surface area contributed by atoms with Gasteiger partial charge in [-0.2, -0.15) is 4.98 Å². The molecule has 1 aliphatic carbocycles. The van der Waals surface area contributed by atoms with E-state index < -0.39 is 0 Å². The Morgan fingerprint density at radius 1 is 1.37 bits per heavy atom. The largest absolute Gasteiger partial charge is 0.385 e. The molecule has 1 saturated carbocycles. The van der Waals surface area contributed by atoms with Crippen molar-refractivity contribution in [2.45, 2.75) is 32.2 Å². The zero-order chi connectivity index (χ0) is 19.1. The molecule has 0 saturated heterocycles. The number of ether oxygens (including phenoxy) is 1. The number of halogens is 1. The summed E-state index contributed by atoms with van der Waals surface area (Å²) in [4.78, 5) is 8.68. The molecule has 1 aromatic carbocycles. The average Bonchev–Trinajstić information content (AvgIpc) is 3.12. The number of aliphatic imine (C=N–C) groups is 1. The van der Waals surface area contributed by atoms with Gasteiger partial charge in [0.25, 0.3) is 0 Å². The van der Waals surface area contributed by atoms with Crippen LogP contribution in [0, 0.1) is 5.41 Å². The van der Waals surface area contributed by atoms with E-state index in [0.29, 0.717) is 28.7 Å². The van der Waals surface area contributed by atoms with Gasteiger partial charge in [-0.25, -0.2) is 0 Å². The average molecular weight is 392 g/mol. The van der Waals surface area contributed by atoms with E-state index in [2.05, 4.69) is 25.8 Å². The summed E-state index contributed by atoms with van der Waals surface area (Å²) in [6, 6.07) is 7.37. The van der Waals surface area contributed by atoms with Gasteiger partial charge in [0.1, 0.15) is 0 Å². The van der Waals surface area contributed by atoms with Crippen molar-refractivity contribution < 1.29 is 9.26 Å². The second-order valence-corrected chi connectivity index (χ2v) is 7.33. The summed E-state index contributed by atoms with van der Waals surface area (Å²) in [5.74, 6) is 1.73. The van der Waals surface area contributed by atoms with Gasteiger partial charge in [-0.05, 0) is 36.8 Å². The van der Waals surface area contributed by atoms with Crippen molar-refractivity contribution in [2.75, 3.05) is 27.3 Å². The van der Waals surface area contributed by atoms with Crippen LogP contribution in [0.4, 0.5) is 0 Å². The number of aromatic nitrogens is 2. The Hall–Kier alpha value is -2.12. The first-order chi connectivity index (χ1) is 13.1. The normalized spacial score (nSPS) is 16.0. The molecular weight excluding hydrogens is 366 g/mol. The third kappa shape index (κ3) is 5.20. The minimum atomic E-state index is 0.317. The second kappa shape index (κ2) is 9.19. The molecule has 1 aromatic heterocycles. The molecule has 0 atom stereocenters. The highest BCUT2D eigenvalue weighted by molar-refractivity contribution is 6.30. The number of hydrogen-bond acceptors (Lipinski definition) is 5. The number of benzene rings is 1. The minimum absolute atomic E-state index is 0.317. The van der Waals surface area contributed by atoms with Gasteiger partial charge in [0.15, 0.2) is 5.96 Å². The molecule has 27 heavy (non-hydrogen) atoms. The predicted molar refractivity (Wildman–Crippen MR) is 106 cm³/mol. The van der Waals surface area contributed by atoms with Gasteiger partial charge in [-0.1, -0.05) is 35.3 Å². The SMILES string of the molecule is CN=C(NCc1nc(-c2cccc(Cl)c2)no1)NCC1(CCOC)CCC1. The summed E-state index contributed by atoms with van der Waals surface area (Å²) in [5.41, 5.74) is 1.14. The molecule has 0 amide bonds. The lowest BCUT2D eigenvalue weighted by Gasteiger charge is -2.42.